The Hall–Kier alpha value is -2.14. The molecule has 0 saturated carbocycles. The predicted molar refractivity (Wildman–Crippen MR) is 79.6 cm³/mol. The number of benzene rings is 1. The van der Waals surface area contributed by atoms with E-state index in [2.05, 4.69) is 6.58 Å². The summed E-state index contributed by atoms with van der Waals surface area (Å²) in [4.78, 5) is 24.6. The average molecular weight is 304 g/mol. The molecule has 1 fully saturated rings. The SMILES string of the molecule is C=CC(OCc1ccccc1)C1(C)C(=O)OC(C)(C)OC1=O. The van der Waals surface area contributed by atoms with Gasteiger partial charge in [-0.05, 0) is 12.5 Å². The molecule has 0 radical (unpaired) electrons. The van der Waals surface area contributed by atoms with Gasteiger partial charge in [-0.1, -0.05) is 36.4 Å². The molecule has 0 spiro atoms. The molecule has 0 aliphatic carbocycles. The highest BCUT2D eigenvalue weighted by Gasteiger charge is 2.57. The molecule has 1 aliphatic heterocycles. The summed E-state index contributed by atoms with van der Waals surface area (Å²) in [6, 6.07) is 9.45. The van der Waals surface area contributed by atoms with E-state index in [1.165, 1.54) is 26.8 Å². The van der Waals surface area contributed by atoms with Crippen LogP contribution in [0.5, 0.6) is 0 Å². The van der Waals surface area contributed by atoms with Gasteiger partial charge in [0.15, 0.2) is 5.41 Å². The van der Waals surface area contributed by atoms with Crippen LogP contribution < -0.4 is 0 Å². The molecule has 1 aromatic carbocycles. The van der Waals surface area contributed by atoms with Crippen LogP contribution >= 0.6 is 0 Å². The summed E-state index contributed by atoms with van der Waals surface area (Å²) in [5.74, 6) is -2.61. The lowest BCUT2D eigenvalue weighted by atomic mass is 9.83. The van der Waals surface area contributed by atoms with Gasteiger partial charge < -0.3 is 14.2 Å². The maximum absolute atomic E-state index is 12.3. The van der Waals surface area contributed by atoms with Gasteiger partial charge >= 0.3 is 11.9 Å². The fourth-order valence-corrected chi connectivity index (χ4v) is 2.23. The van der Waals surface area contributed by atoms with Crippen molar-refractivity contribution in [3.8, 4) is 0 Å². The first-order chi connectivity index (χ1) is 10.3. The molecule has 1 unspecified atom stereocenters. The molecule has 1 aliphatic rings. The van der Waals surface area contributed by atoms with E-state index in [0.29, 0.717) is 0 Å². The largest absolute Gasteiger partial charge is 0.422 e. The van der Waals surface area contributed by atoms with Crippen LogP contribution in [0.15, 0.2) is 43.0 Å². The zero-order valence-corrected chi connectivity index (χ0v) is 13.0. The Bertz CT molecular complexity index is 556. The lowest BCUT2D eigenvalue weighted by Gasteiger charge is -2.40. The molecular formula is C17H20O5. The van der Waals surface area contributed by atoms with Crippen molar-refractivity contribution in [3.63, 3.8) is 0 Å². The van der Waals surface area contributed by atoms with Crippen LogP contribution in [0, 0.1) is 5.41 Å². The summed E-state index contributed by atoms with van der Waals surface area (Å²) < 4.78 is 16.1. The lowest BCUT2D eigenvalue weighted by molar-refractivity contribution is -0.256. The predicted octanol–water partition coefficient (Wildman–Crippen LogP) is 2.60. The smallest absolute Gasteiger partial charge is 0.329 e. The Morgan fingerprint density at radius 1 is 1.14 bits per heavy atom. The van der Waals surface area contributed by atoms with Gasteiger partial charge in [-0.15, -0.1) is 6.58 Å². The highest BCUT2D eigenvalue weighted by Crippen LogP contribution is 2.37. The third kappa shape index (κ3) is 3.04. The van der Waals surface area contributed by atoms with Crippen LogP contribution in [0.4, 0.5) is 0 Å². The van der Waals surface area contributed by atoms with Gasteiger partial charge in [0.1, 0.15) is 6.10 Å². The molecular weight excluding hydrogens is 284 g/mol. The normalized spacial score (nSPS) is 20.7. The summed E-state index contributed by atoms with van der Waals surface area (Å²) in [5.41, 5.74) is -0.637. The van der Waals surface area contributed by atoms with Gasteiger partial charge in [-0.25, -0.2) is 0 Å². The van der Waals surface area contributed by atoms with Crippen LogP contribution in [-0.4, -0.2) is 23.8 Å². The number of rotatable bonds is 5. The minimum Gasteiger partial charge on any atom is -0.422 e. The van der Waals surface area contributed by atoms with E-state index in [9.17, 15) is 9.59 Å². The lowest BCUT2D eigenvalue weighted by Crippen LogP contribution is -2.57. The Balaban J connectivity index is 2.17. The minimum atomic E-state index is -1.56. The molecule has 1 saturated heterocycles. The van der Waals surface area contributed by atoms with Crippen molar-refractivity contribution in [3.05, 3.63) is 48.6 Å². The van der Waals surface area contributed by atoms with Crippen molar-refractivity contribution < 1.29 is 23.8 Å². The van der Waals surface area contributed by atoms with Gasteiger partial charge in [0, 0.05) is 13.8 Å². The third-order valence-electron chi connectivity index (χ3n) is 3.58. The van der Waals surface area contributed by atoms with E-state index >= 15 is 0 Å². The first kappa shape index (κ1) is 16.2. The van der Waals surface area contributed by atoms with Crippen LogP contribution in [-0.2, 0) is 30.4 Å². The average Bonchev–Trinajstić information content (AvgIpc) is 2.46. The fourth-order valence-electron chi connectivity index (χ4n) is 2.23. The minimum absolute atomic E-state index is 0.247. The molecule has 2 rings (SSSR count). The first-order valence-corrected chi connectivity index (χ1v) is 7.04. The topological polar surface area (TPSA) is 61.8 Å². The van der Waals surface area contributed by atoms with Crippen molar-refractivity contribution in [2.75, 3.05) is 0 Å². The van der Waals surface area contributed by atoms with Crippen molar-refractivity contribution in [2.24, 2.45) is 5.41 Å². The molecule has 1 heterocycles. The Kier molecular flexibility index (Phi) is 4.37. The van der Waals surface area contributed by atoms with Gasteiger partial charge in [0.25, 0.3) is 5.79 Å². The van der Waals surface area contributed by atoms with Crippen LogP contribution in [0.2, 0.25) is 0 Å². The maximum Gasteiger partial charge on any atom is 0.329 e. The first-order valence-electron chi connectivity index (χ1n) is 7.04. The maximum atomic E-state index is 12.3. The Morgan fingerprint density at radius 3 is 2.18 bits per heavy atom. The molecule has 5 nitrogen and oxygen atoms in total. The van der Waals surface area contributed by atoms with Crippen LogP contribution in [0.25, 0.3) is 0 Å². The third-order valence-corrected chi connectivity index (χ3v) is 3.58. The molecule has 1 atom stereocenters. The summed E-state index contributed by atoms with van der Waals surface area (Å²) in [6.07, 6.45) is 0.577. The number of ether oxygens (including phenoxy) is 3. The molecule has 0 N–H and O–H groups in total. The van der Waals surface area contributed by atoms with Crippen LogP contribution in [0.3, 0.4) is 0 Å². The summed E-state index contributed by atoms with van der Waals surface area (Å²) >= 11 is 0. The summed E-state index contributed by atoms with van der Waals surface area (Å²) in [5, 5.41) is 0. The zero-order chi connectivity index (χ0) is 16.4. The van der Waals surface area contributed by atoms with E-state index in [0.717, 1.165) is 5.56 Å². The molecule has 5 heteroatoms. The summed E-state index contributed by atoms with van der Waals surface area (Å²) in [6.45, 7) is 8.37. The number of carbonyl (C=O) groups excluding carboxylic acids is 2. The fraction of sp³-hybridized carbons (Fsp3) is 0.412. The molecule has 0 aromatic heterocycles. The summed E-state index contributed by atoms with van der Waals surface area (Å²) in [7, 11) is 0. The van der Waals surface area contributed by atoms with Crippen LogP contribution in [0.1, 0.15) is 26.3 Å². The van der Waals surface area contributed by atoms with E-state index in [1.54, 1.807) is 0 Å². The number of esters is 2. The zero-order valence-electron chi connectivity index (χ0n) is 13.0. The van der Waals surface area contributed by atoms with E-state index in [-0.39, 0.29) is 6.61 Å². The van der Waals surface area contributed by atoms with Gasteiger partial charge in [-0.3, -0.25) is 9.59 Å². The number of hydrogen-bond donors (Lipinski definition) is 0. The van der Waals surface area contributed by atoms with E-state index < -0.39 is 29.2 Å². The standard InChI is InChI=1S/C17H20O5/c1-5-13(20-11-12-9-7-6-8-10-12)17(4)14(18)21-16(2,3)22-15(17)19/h5-10,13H,1,11H2,2-4H3. The van der Waals surface area contributed by atoms with Crippen molar-refractivity contribution in [1.82, 2.24) is 0 Å². The number of carbonyl (C=O) groups is 2. The van der Waals surface area contributed by atoms with Gasteiger partial charge in [0.05, 0.1) is 6.61 Å². The highest BCUT2D eigenvalue weighted by molar-refractivity contribution is 6.02. The molecule has 22 heavy (non-hydrogen) atoms. The number of hydrogen-bond acceptors (Lipinski definition) is 5. The Labute approximate surface area is 129 Å². The molecule has 1 aromatic rings. The monoisotopic (exact) mass is 304 g/mol. The molecule has 118 valence electrons. The highest BCUT2D eigenvalue weighted by atomic mass is 16.7. The van der Waals surface area contributed by atoms with Crippen molar-refractivity contribution in [1.29, 1.82) is 0 Å². The van der Waals surface area contributed by atoms with Gasteiger partial charge in [-0.2, -0.15) is 0 Å². The Morgan fingerprint density at radius 2 is 1.68 bits per heavy atom. The van der Waals surface area contributed by atoms with E-state index in [1.807, 2.05) is 30.3 Å². The molecule has 0 amide bonds. The second-order valence-electron chi connectivity index (χ2n) is 5.83. The second kappa shape index (κ2) is 5.93. The van der Waals surface area contributed by atoms with E-state index in [4.69, 9.17) is 14.2 Å². The molecule has 0 bridgehead atoms. The van der Waals surface area contributed by atoms with Crippen molar-refractivity contribution in [2.45, 2.75) is 39.3 Å². The second-order valence-corrected chi connectivity index (χ2v) is 5.83. The van der Waals surface area contributed by atoms with Crippen molar-refractivity contribution >= 4 is 11.9 Å². The quantitative estimate of drug-likeness (QED) is 0.475. The number of cyclic esters (lactones) is 2. The van der Waals surface area contributed by atoms with Gasteiger partial charge in [0.2, 0.25) is 0 Å².